The van der Waals surface area contributed by atoms with Crippen LogP contribution in [-0.2, 0) is 31.1 Å². The summed E-state index contributed by atoms with van der Waals surface area (Å²) in [7, 11) is 2.07. The first kappa shape index (κ1) is 18.0. The summed E-state index contributed by atoms with van der Waals surface area (Å²) in [6, 6.07) is 11.0. The number of fused-ring (bicyclic) bond motifs is 4. The summed E-state index contributed by atoms with van der Waals surface area (Å²) in [4.78, 5) is 19.8. The number of aryl methyl sites for hydroxylation is 2. The fourth-order valence-electron chi connectivity index (χ4n) is 5.80. The van der Waals surface area contributed by atoms with Crippen molar-refractivity contribution in [3.63, 3.8) is 0 Å². The van der Waals surface area contributed by atoms with E-state index in [1.807, 2.05) is 4.90 Å². The number of benzene rings is 2. The Hall–Kier alpha value is -2.82. The van der Waals surface area contributed by atoms with Gasteiger partial charge in [-0.15, -0.1) is 0 Å². The predicted molar refractivity (Wildman–Crippen MR) is 120 cm³/mol. The molecule has 2 aliphatic heterocycles. The first-order valence-electron chi connectivity index (χ1n) is 11.2. The summed E-state index contributed by atoms with van der Waals surface area (Å²) in [5, 5.41) is 3.98. The zero-order chi connectivity index (χ0) is 20.5. The molecular weight excluding hydrogens is 372 g/mol. The Morgan fingerprint density at radius 1 is 1.10 bits per heavy atom. The lowest BCUT2D eigenvalue weighted by Gasteiger charge is -2.39. The van der Waals surface area contributed by atoms with E-state index in [1.54, 1.807) is 0 Å². The summed E-state index contributed by atoms with van der Waals surface area (Å²) in [5.74, 6) is 1.26. The first-order chi connectivity index (χ1) is 14.5. The number of anilines is 2. The average Bonchev–Trinajstić information content (AvgIpc) is 3.25. The van der Waals surface area contributed by atoms with Crippen molar-refractivity contribution in [3.8, 4) is 0 Å². The number of hydrogen-bond acceptors (Lipinski definition) is 3. The molecule has 3 aromatic rings. The largest absolute Gasteiger partial charge is 0.377 e. The molecule has 1 fully saturated rings. The molecule has 0 unspecified atom stereocenters. The minimum Gasteiger partial charge on any atom is -0.377 e. The number of hydrogen-bond donors (Lipinski definition) is 1. The highest BCUT2D eigenvalue weighted by Crippen LogP contribution is 2.46. The molecule has 30 heavy (non-hydrogen) atoms. The topological polar surface area (TPSA) is 50.2 Å². The lowest BCUT2D eigenvalue weighted by molar-refractivity contribution is -0.119. The molecule has 6 rings (SSSR count). The van der Waals surface area contributed by atoms with Gasteiger partial charge in [0.2, 0.25) is 5.91 Å². The van der Waals surface area contributed by atoms with Gasteiger partial charge in [-0.25, -0.2) is 4.98 Å². The fraction of sp³-hybridized carbons (Fsp3) is 0.440. The van der Waals surface area contributed by atoms with Crippen LogP contribution in [0.4, 0.5) is 11.4 Å². The molecule has 3 aliphatic rings. The highest BCUT2D eigenvalue weighted by Gasteiger charge is 2.41. The lowest BCUT2D eigenvalue weighted by atomic mass is 9.82. The van der Waals surface area contributed by atoms with Crippen molar-refractivity contribution < 1.29 is 4.79 Å². The third kappa shape index (κ3) is 2.54. The molecule has 0 radical (unpaired) electrons. The van der Waals surface area contributed by atoms with Gasteiger partial charge in [-0.1, -0.05) is 24.3 Å². The number of piperidine rings is 1. The highest BCUT2D eigenvalue weighted by molar-refractivity contribution is 6.02. The molecule has 1 saturated heterocycles. The van der Waals surface area contributed by atoms with Crippen molar-refractivity contribution >= 4 is 28.3 Å². The molecule has 1 N–H and O–H groups in total. The van der Waals surface area contributed by atoms with Gasteiger partial charge in [0.15, 0.2) is 0 Å². The molecule has 3 heterocycles. The third-order valence-corrected chi connectivity index (χ3v) is 7.52. The molecule has 0 bridgehead atoms. The summed E-state index contributed by atoms with van der Waals surface area (Å²) < 4.78 is 2.15. The van der Waals surface area contributed by atoms with Crippen molar-refractivity contribution in [1.82, 2.24) is 9.55 Å². The molecule has 5 nitrogen and oxygen atoms in total. The Morgan fingerprint density at radius 2 is 1.87 bits per heavy atom. The number of carbonyl (C=O) groups excluding carboxylic acids is 1. The standard InChI is InChI=1S/C25H28N4O/c1-16-26-24-21(28(16)2)13-20(29-12-6-5-9-22(29)30)19-10-11-25(27-23(19)24)14-17-7-3-4-8-18(17)15-25/h3-4,7-8,13,27H,5-6,9-12,14-15H2,1-2H3. The fourth-order valence-corrected chi connectivity index (χ4v) is 5.80. The minimum absolute atomic E-state index is 0.0551. The third-order valence-electron chi connectivity index (χ3n) is 7.52. The van der Waals surface area contributed by atoms with E-state index in [1.165, 1.54) is 16.7 Å². The Kier molecular flexibility index (Phi) is 3.80. The van der Waals surface area contributed by atoms with Crippen molar-refractivity contribution in [1.29, 1.82) is 0 Å². The molecule has 1 aliphatic carbocycles. The van der Waals surface area contributed by atoms with E-state index >= 15 is 0 Å². The number of carbonyl (C=O) groups is 1. The van der Waals surface area contributed by atoms with E-state index in [-0.39, 0.29) is 11.4 Å². The van der Waals surface area contributed by atoms with Gasteiger partial charge in [0.1, 0.15) is 11.3 Å². The van der Waals surface area contributed by atoms with E-state index in [9.17, 15) is 4.79 Å². The molecule has 1 aromatic heterocycles. The van der Waals surface area contributed by atoms with Crippen LogP contribution in [0.15, 0.2) is 30.3 Å². The SMILES string of the molecule is Cc1nc2c3c(c(N4CCCCC4=O)cc2n1C)CCC1(Cc2ccccc2C1)N3. The Labute approximate surface area is 177 Å². The number of rotatable bonds is 1. The minimum atomic E-state index is 0.0551. The number of aromatic nitrogens is 2. The normalized spacial score (nSPS) is 19.8. The summed E-state index contributed by atoms with van der Waals surface area (Å²) in [6.45, 7) is 2.88. The van der Waals surface area contributed by atoms with Crippen LogP contribution >= 0.6 is 0 Å². The second-order valence-corrected chi connectivity index (χ2v) is 9.37. The van der Waals surface area contributed by atoms with Crippen LogP contribution in [0.25, 0.3) is 11.0 Å². The van der Waals surface area contributed by atoms with Gasteiger partial charge in [-0.05, 0) is 62.6 Å². The van der Waals surface area contributed by atoms with Crippen LogP contribution in [-0.4, -0.2) is 27.5 Å². The maximum Gasteiger partial charge on any atom is 0.226 e. The van der Waals surface area contributed by atoms with Gasteiger partial charge < -0.3 is 14.8 Å². The molecule has 2 aromatic carbocycles. The van der Waals surface area contributed by atoms with Crippen LogP contribution in [0.5, 0.6) is 0 Å². The zero-order valence-corrected chi connectivity index (χ0v) is 17.8. The zero-order valence-electron chi connectivity index (χ0n) is 17.8. The average molecular weight is 401 g/mol. The molecule has 1 spiro atoms. The van der Waals surface area contributed by atoms with E-state index in [0.29, 0.717) is 6.42 Å². The number of amides is 1. The second-order valence-electron chi connectivity index (χ2n) is 9.37. The Bertz CT molecular complexity index is 1170. The lowest BCUT2D eigenvalue weighted by Crippen LogP contribution is -2.44. The van der Waals surface area contributed by atoms with Crippen LogP contribution < -0.4 is 10.2 Å². The van der Waals surface area contributed by atoms with Crippen molar-refractivity contribution in [3.05, 3.63) is 52.8 Å². The number of nitrogens with zero attached hydrogens (tertiary/aromatic N) is 3. The van der Waals surface area contributed by atoms with Crippen molar-refractivity contribution in [2.45, 2.75) is 57.4 Å². The molecule has 5 heteroatoms. The number of nitrogens with one attached hydrogen (secondary N) is 1. The Morgan fingerprint density at radius 3 is 2.60 bits per heavy atom. The van der Waals surface area contributed by atoms with Crippen LogP contribution in [0, 0.1) is 6.92 Å². The van der Waals surface area contributed by atoms with E-state index in [4.69, 9.17) is 4.98 Å². The van der Waals surface area contributed by atoms with Gasteiger partial charge in [-0.3, -0.25) is 4.79 Å². The number of imidazole rings is 1. The summed E-state index contributed by atoms with van der Waals surface area (Å²) in [6.07, 6.45) is 6.93. The predicted octanol–water partition coefficient (Wildman–Crippen LogP) is 4.29. The monoisotopic (exact) mass is 400 g/mol. The van der Waals surface area contributed by atoms with Gasteiger partial charge >= 0.3 is 0 Å². The van der Waals surface area contributed by atoms with E-state index < -0.39 is 0 Å². The van der Waals surface area contributed by atoms with Crippen LogP contribution in [0.3, 0.4) is 0 Å². The van der Waals surface area contributed by atoms with E-state index in [0.717, 1.165) is 73.3 Å². The molecule has 1 amide bonds. The maximum atomic E-state index is 12.8. The van der Waals surface area contributed by atoms with Gasteiger partial charge in [-0.2, -0.15) is 0 Å². The van der Waals surface area contributed by atoms with E-state index in [2.05, 4.69) is 54.2 Å². The molecule has 154 valence electrons. The van der Waals surface area contributed by atoms with Crippen molar-refractivity contribution in [2.24, 2.45) is 7.05 Å². The van der Waals surface area contributed by atoms with Gasteiger partial charge in [0.25, 0.3) is 0 Å². The summed E-state index contributed by atoms with van der Waals surface area (Å²) in [5.41, 5.74) is 8.67. The second kappa shape index (κ2) is 6.34. The maximum absolute atomic E-state index is 12.8. The molecular formula is C25H28N4O. The van der Waals surface area contributed by atoms with Gasteiger partial charge in [0, 0.05) is 31.1 Å². The van der Waals surface area contributed by atoms with Gasteiger partial charge in [0.05, 0.1) is 16.9 Å². The Balaban J connectivity index is 1.51. The highest BCUT2D eigenvalue weighted by atomic mass is 16.2. The quantitative estimate of drug-likeness (QED) is 0.663. The van der Waals surface area contributed by atoms with Crippen molar-refractivity contribution in [2.75, 3.05) is 16.8 Å². The molecule has 0 atom stereocenters. The van der Waals surface area contributed by atoms with Crippen LogP contribution in [0.1, 0.15) is 48.2 Å². The molecule has 0 saturated carbocycles. The smallest absolute Gasteiger partial charge is 0.226 e. The van der Waals surface area contributed by atoms with Crippen LogP contribution in [0.2, 0.25) is 0 Å². The first-order valence-corrected chi connectivity index (χ1v) is 11.2. The summed E-state index contributed by atoms with van der Waals surface area (Å²) >= 11 is 0.